The zero-order valence-corrected chi connectivity index (χ0v) is 12.8. The third kappa shape index (κ3) is 5.26. The Hall–Kier alpha value is -2.06. The van der Waals surface area contributed by atoms with Crippen molar-refractivity contribution in [2.45, 2.75) is 18.8 Å². The number of hydrogen-bond acceptors (Lipinski definition) is 5. The van der Waals surface area contributed by atoms with Crippen LogP contribution < -0.4 is 11.1 Å². The highest BCUT2D eigenvalue weighted by atomic mass is 35.5. The first-order chi connectivity index (χ1) is 10.9. The highest BCUT2D eigenvalue weighted by Gasteiger charge is 2.27. The van der Waals surface area contributed by atoms with Crippen molar-refractivity contribution in [2.24, 2.45) is 5.73 Å². The second-order valence-electron chi connectivity index (χ2n) is 4.86. The molecule has 1 amide bonds. The van der Waals surface area contributed by atoms with E-state index in [0.717, 1.165) is 5.56 Å². The topological polar surface area (TPSA) is 94.0 Å². The van der Waals surface area contributed by atoms with Crippen molar-refractivity contribution in [3.8, 4) is 11.4 Å². The Morgan fingerprint density at radius 2 is 2.04 bits per heavy atom. The summed E-state index contributed by atoms with van der Waals surface area (Å²) >= 11 is 5.79. The SMILES string of the molecule is NCC(F)(F)CNC(=O)CCc1nc(-c2ccc(Cl)cc2)no1. The van der Waals surface area contributed by atoms with Crippen LogP contribution in [0.2, 0.25) is 5.02 Å². The molecule has 0 unspecified atom stereocenters. The predicted molar refractivity (Wildman–Crippen MR) is 80.1 cm³/mol. The number of nitrogens with zero attached hydrogens (tertiary/aromatic N) is 2. The number of rotatable bonds is 7. The van der Waals surface area contributed by atoms with Crippen LogP contribution in [0.3, 0.4) is 0 Å². The van der Waals surface area contributed by atoms with Crippen molar-refractivity contribution in [1.82, 2.24) is 15.5 Å². The highest BCUT2D eigenvalue weighted by molar-refractivity contribution is 6.30. The molecule has 0 radical (unpaired) electrons. The van der Waals surface area contributed by atoms with E-state index in [9.17, 15) is 13.6 Å². The van der Waals surface area contributed by atoms with Crippen LogP contribution in [-0.4, -0.2) is 35.1 Å². The number of carbonyl (C=O) groups is 1. The number of nitrogens with two attached hydrogens (primary N) is 1. The van der Waals surface area contributed by atoms with Gasteiger partial charge in [0.2, 0.25) is 17.6 Å². The molecule has 1 aromatic carbocycles. The van der Waals surface area contributed by atoms with Crippen LogP contribution in [0.4, 0.5) is 8.78 Å². The van der Waals surface area contributed by atoms with Crippen molar-refractivity contribution in [3.05, 3.63) is 35.2 Å². The van der Waals surface area contributed by atoms with Gasteiger partial charge in [0.25, 0.3) is 5.92 Å². The molecule has 0 aliphatic carbocycles. The van der Waals surface area contributed by atoms with E-state index in [1.165, 1.54) is 0 Å². The zero-order valence-electron chi connectivity index (χ0n) is 12.1. The molecule has 0 saturated heterocycles. The Labute approximate surface area is 136 Å². The van der Waals surface area contributed by atoms with Gasteiger partial charge in [-0.3, -0.25) is 4.79 Å². The van der Waals surface area contributed by atoms with Gasteiger partial charge in [-0.05, 0) is 24.3 Å². The largest absolute Gasteiger partial charge is 0.350 e. The Balaban J connectivity index is 1.85. The number of amides is 1. The average molecular weight is 345 g/mol. The van der Waals surface area contributed by atoms with Crippen molar-refractivity contribution < 1.29 is 18.1 Å². The van der Waals surface area contributed by atoms with Crippen LogP contribution in [0, 0.1) is 0 Å². The van der Waals surface area contributed by atoms with E-state index < -0.39 is 24.9 Å². The molecule has 0 aliphatic heterocycles. The summed E-state index contributed by atoms with van der Waals surface area (Å²) in [5.41, 5.74) is 5.60. The summed E-state index contributed by atoms with van der Waals surface area (Å²) in [5.74, 6) is -3.03. The maximum atomic E-state index is 12.9. The molecular weight excluding hydrogens is 330 g/mol. The number of alkyl halides is 2. The minimum Gasteiger partial charge on any atom is -0.350 e. The molecule has 0 atom stereocenters. The van der Waals surface area contributed by atoms with Crippen LogP contribution in [0.15, 0.2) is 28.8 Å². The van der Waals surface area contributed by atoms with E-state index in [1.807, 2.05) is 0 Å². The molecular formula is C14H15ClF2N4O2. The lowest BCUT2D eigenvalue weighted by Gasteiger charge is -2.14. The number of halogens is 3. The number of benzene rings is 1. The molecule has 2 rings (SSSR count). The van der Waals surface area contributed by atoms with Crippen molar-refractivity contribution in [1.29, 1.82) is 0 Å². The van der Waals surface area contributed by atoms with Gasteiger partial charge in [0.15, 0.2) is 0 Å². The van der Waals surface area contributed by atoms with E-state index in [1.54, 1.807) is 24.3 Å². The molecule has 0 saturated carbocycles. The number of aromatic nitrogens is 2. The molecule has 0 bridgehead atoms. The molecule has 1 heterocycles. The Bertz CT molecular complexity index is 661. The quantitative estimate of drug-likeness (QED) is 0.801. The minimum absolute atomic E-state index is 0.0388. The van der Waals surface area contributed by atoms with Gasteiger partial charge in [-0.15, -0.1) is 0 Å². The second-order valence-corrected chi connectivity index (χ2v) is 5.29. The molecule has 2 aromatic rings. The van der Waals surface area contributed by atoms with Gasteiger partial charge in [0.1, 0.15) is 0 Å². The summed E-state index contributed by atoms with van der Waals surface area (Å²) in [5, 5.41) is 6.50. The Morgan fingerprint density at radius 1 is 1.35 bits per heavy atom. The molecule has 6 nitrogen and oxygen atoms in total. The molecule has 124 valence electrons. The van der Waals surface area contributed by atoms with Crippen molar-refractivity contribution in [3.63, 3.8) is 0 Å². The van der Waals surface area contributed by atoms with Crippen LogP contribution in [0.5, 0.6) is 0 Å². The molecule has 1 aromatic heterocycles. The summed E-state index contributed by atoms with van der Waals surface area (Å²) in [7, 11) is 0. The fourth-order valence-corrected chi connectivity index (χ4v) is 1.81. The molecule has 0 fully saturated rings. The van der Waals surface area contributed by atoms with E-state index in [0.29, 0.717) is 10.8 Å². The van der Waals surface area contributed by atoms with Gasteiger partial charge >= 0.3 is 0 Å². The first-order valence-electron chi connectivity index (χ1n) is 6.83. The predicted octanol–water partition coefficient (Wildman–Crippen LogP) is 2.03. The molecule has 0 spiro atoms. The highest BCUT2D eigenvalue weighted by Crippen LogP contribution is 2.19. The lowest BCUT2D eigenvalue weighted by Crippen LogP contribution is -2.41. The summed E-state index contributed by atoms with van der Waals surface area (Å²) in [6, 6.07) is 6.85. The van der Waals surface area contributed by atoms with E-state index >= 15 is 0 Å². The Kier molecular flexibility index (Phi) is 5.62. The zero-order chi connectivity index (χ0) is 16.9. The first-order valence-corrected chi connectivity index (χ1v) is 7.20. The third-order valence-electron chi connectivity index (χ3n) is 2.98. The van der Waals surface area contributed by atoms with Gasteiger partial charge in [-0.1, -0.05) is 16.8 Å². The van der Waals surface area contributed by atoms with Crippen LogP contribution in [0.25, 0.3) is 11.4 Å². The second kappa shape index (κ2) is 7.47. The number of nitrogens with one attached hydrogen (secondary N) is 1. The number of carbonyl (C=O) groups excluding carboxylic acids is 1. The summed E-state index contributed by atoms with van der Waals surface area (Å²) in [4.78, 5) is 15.6. The summed E-state index contributed by atoms with van der Waals surface area (Å²) < 4.78 is 30.8. The van der Waals surface area contributed by atoms with Crippen molar-refractivity contribution in [2.75, 3.05) is 13.1 Å². The molecule has 23 heavy (non-hydrogen) atoms. The molecule has 9 heteroatoms. The fraction of sp³-hybridized carbons (Fsp3) is 0.357. The standard InChI is InChI=1S/C14H15ClF2N4O2/c15-10-3-1-9(2-4-10)13-20-12(23-21-13)6-5-11(22)19-8-14(16,17)7-18/h1-4H,5-8,18H2,(H,19,22). The smallest absolute Gasteiger partial charge is 0.277 e. The Morgan fingerprint density at radius 3 is 2.70 bits per heavy atom. The van der Waals surface area contributed by atoms with Crippen LogP contribution in [0.1, 0.15) is 12.3 Å². The minimum atomic E-state index is -3.11. The lowest BCUT2D eigenvalue weighted by atomic mass is 10.2. The monoisotopic (exact) mass is 344 g/mol. The first kappa shape index (κ1) is 17.3. The van der Waals surface area contributed by atoms with E-state index in [2.05, 4.69) is 15.5 Å². The number of hydrogen-bond donors (Lipinski definition) is 2. The van der Waals surface area contributed by atoms with Gasteiger partial charge in [-0.25, -0.2) is 8.78 Å². The maximum Gasteiger partial charge on any atom is 0.277 e. The van der Waals surface area contributed by atoms with Crippen LogP contribution >= 0.6 is 11.6 Å². The molecule has 0 aliphatic rings. The van der Waals surface area contributed by atoms with Gasteiger partial charge in [0, 0.05) is 23.4 Å². The van der Waals surface area contributed by atoms with Gasteiger partial charge in [0.05, 0.1) is 13.1 Å². The van der Waals surface area contributed by atoms with Gasteiger partial charge in [-0.2, -0.15) is 4.98 Å². The summed E-state index contributed by atoms with van der Waals surface area (Å²) in [6.07, 6.45) is 0.115. The van der Waals surface area contributed by atoms with Crippen molar-refractivity contribution >= 4 is 17.5 Å². The third-order valence-corrected chi connectivity index (χ3v) is 3.23. The summed E-state index contributed by atoms with van der Waals surface area (Å²) in [6.45, 7) is -1.61. The van der Waals surface area contributed by atoms with E-state index in [-0.39, 0.29) is 18.7 Å². The fourth-order valence-electron chi connectivity index (χ4n) is 1.68. The lowest BCUT2D eigenvalue weighted by molar-refractivity contribution is -0.122. The normalized spacial score (nSPS) is 11.5. The molecule has 3 N–H and O–H groups in total. The van der Waals surface area contributed by atoms with Gasteiger partial charge < -0.3 is 15.6 Å². The average Bonchev–Trinajstić information content (AvgIpc) is 3.01. The maximum absolute atomic E-state index is 12.9. The number of aryl methyl sites for hydroxylation is 1. The van der Waals surface area contributed by atoms with Crippen LogP contribution in [-0.2, 0) is 11.2 Å². The van der Waals surface area contributed by atoms with E-state index in [4.69, 9.17) is 21.9 Å².